The van der Waals surface area contributed by atoms with Gasteiger partial charge in [0.15, 0.2) is 0 Å². The van der Waals surface area contributed by atoms with Gasteiger partial charge in [-0.15, -0.1) is 0 Å². The molecule has 0 aliphatic rings. The highest BCUT2D eigenvalue weighted by molar-refractivity contribution is 7.95. The number of benzene rings is 3. The van der Waals surface area contributed by atoms with Crippen molar-refractivity contribution in [3.8, 4) is 11.8 Å². The summed E-state index contributed by atoms with van der Waals surface area (Å²) in [5.74, 6) is 0.425. The van der Waals surface area contributed by atoms with Gasteiger partial charge in [-0.3, -0.25) is 0 Å². The van der Waals surface area contributed by atoms with Crippen LogP contribution in [0.25, 0.3) is 6.08 Å². The topological polar surface area (TPSA) is 67.2 Å². The van der Waals surface area contributed by atoms with Gasteiger partial charge in [0, 0.05) is 21.2 Å². The molecule has 0 aromatic heterocycles. The summed E-state index contributed by atoms with van der Waals surface area (Å²) in [5.41, 5.74) is 1.20. The molecule has 0 aliphatic carbocycles. The van der Waals surface area contributed by atoms with E-state index in [2.05, 4.69) is 0 Å². The zero-order valence-corrected chi connectivity index (χ0v) is 17.4. The Hall–Kier alpha value is -2.78. The first-order valence-electron chi connectivity index (χ1n) is 8.49. The summed E-state index contributed by atoms with van der Waals surface area (Å²) < 4.78 is 31.4. The van der Waals surface area contributed by atoms with Crippen molar-refractivity contribution in [2.75, 3.05) is 0 Å². The molecular weight excluding hydrogens is 429 g/mol. The summed E-state index contributed by atoms with van der Waals surface area (Å²) in [7, 11) is -3.94. The molecule has 0 aliphatic heterocycles. The van der Waals surface area contributed by atoms with Crippen molar-refractivity contribution in [1.82, 2.24) is 0 Å². The Labute approximate surface area is 179 Å². The Morgan fingerprint density at radius 3 is 2.38 bits per heavy atom. The number of allylic oxidation sites excluding steroid dienone is 1. The minimum atomic E-state index is -3.94. The van der Waals surface area contributed by atoms with Crippen molar-refractivity contribution >= 4 is 39.1 Å². The first kappa shape index (κ1) is 20.9. The first-order valence-corrected chi connectivity index (χ1v) is 10.7. The van der Waals surface area contributed by atoms with Crippen molar-refractivity contribution in [3.63, 3.8) is 0 Å². The van der Waals surface area contributed by atoms with Crippen LogP contribution in [0.4, 0.5) is 0 Å². The quantitative estimate of drug-likeness (QED) is 0.444. The molecule has 0 N–H and O–H groups in total. The van der Waals surface area contributed by atoms with Crippen LogP contribution in [0.2, 0.25) is 10.0 Å². The van der Waals surface area contributed by atoms with Crippen molar-refractivity contribution in [1.29, 1.82) is 5.26 Å². The van der Waals surface area contributed by atoms with Crippen molar-refractivity contribution in [2.24, 2.45) is 0 Å². The van der Waals surface area contributed by atoms with Gasteiger partial charge in [0.1, 0.15) is 23.3 Å². The second kappa shape index (κ2) is 9.15. The standard InChI is InChI=1S/C22H15Cl2NO3S/c23-18-11-10-17(21(24)13-18)15-28-22-9-5-4-6-16(22)12-20(14-25)29(26,27)19-7-2-1-3-8-19/h1-13H,15H2. The second-order valence-corrected chi connectivity index (χ2v) is 8.76. The lowest BCUT2D eigenvalue weighted by Gasteiger charge is -2.11. The number of halogens is 2. The fourth-order valence-electron chi connectivity index (χ4n) is 2.56. The van der Waals surface area contributed by atoms with Gasteiger partial charge in [-0.1, -0.05) is 65.7 Å². The van der Waals surface area contributed by atoms with E-state index in [1.54, 1.807) is 66.7 Å². The van der Waals surface area contributed by atoms with Crippen LogP contribution in [0.1, 0.15) is 11.1 Å². The van der Waals surface area contributed by atoms with Crippen molar-refractivity contribution in [2.45, 2.75) is 11.5 Å². The highest BCUT2D eigenvalue weighted by Gasteiger charge is 2.21. The van der Waals surface area contributed by atoms with Gasteiger partial charge < -0.3 is 4.74 Å². The van der Waals surface area contributed by atoms with Gasteiger partial charge in [0.2, 0.25) is 9.84 Å². The predicted molar refractivity (Wildman–Crippen MR) is 114 cm³/mol. The zero-order valence-electron chi connectivity index (χ0n) is 15.0. The number of hydrogen-bond donors (Lipinski definition) is 0. The molecule has 29 heavy (non-hydrogen) atoms. The number of ether oxygens (including phenoxy) is 1. The van der Waals surface area contributed by atoms with E-state index in [1.165, 1.54) is 18.2 Å². The summed E-state index contributed by atoms with van der Waals surface area (Å²) in [5, 5.41) is 10.5. The van der Waals surface area contributed by atoms with E-state index in [9.17, 15) is 13.7 Å². The first-order chi connectivity index (χ1) is 13.9. The van der Waals surface area contributed by atoms with Crippen LogP contribution < -0.4 is 4.74 Å². The van der Waals surface area contributed by atoms with Crippen LogP contribution >= 0.6 is 23.2 Å². The van der Waals surface area contributed by atoms with E-state index in [0.29, 0.717) is 21.4 Å². The Balaban J connectivity index is 1.92. The Morgan fingerprint density at radius 1 is 1.00 bits per heavy atom. The maximum absolute atomic E-state index is 12.8. The van der Waals surface area contributed by atoms with Gasteiger partial charge in [0.05, 0.1) is 4.90 Å². The van der Waals surface area contributed by atoms with Gasteiger partial charge in [-0.05, 0) is 36.4 Å². The lowest BCUT2D eigenvalue weighted by Crippen LogP contribution is -2.04. The summed E-state index contributed by atoms with van der Waals surface area (Å²) in [6.07, 6.45) is 1.31. The molecule has 3 aromatic rings. The Morgan fingerprint density at radius 2 is 1.69 bits per heavy atom. The van der Waals surface area contributed by atoms with Crippen LogP contribution in [-0.4, -0.2) is 8.42 Å². The molecule has 0 bridgehead atoms. The third kappa shape index (κ3) is 4.99. The monoisotopic (exact) mass is 443 g/mol. The fraction of sp³-hybridized carbons (Fsp3) is 0.0455. The van der Waals surface area contributed by atoms with Crippen LogP contribution in [0, 0.1) is 11.3 Å². The maximum atomic E-state index is 12.8. The summed E-state index contributed by atoms with van der Waals surface area (Å²) in [6, 6.07) is 21.5. The van der Waals surface area contributed by atoms with E-state index in [4.69, 9.17) is 27.9 Å². The smallest absolute Gasteiger partial charge is 0.216 e. The highest BCUT2D eigenvalue weighted by atomic mass is 35.5. The summed E-state index contributed by atoms with van der Waals surface area (Å²) >= 11 is 12.1. The molecule has 0 atom stereocenters. The van der Waals surface area contributed by atoms with E-state index < -0.39 is 9.84 Å². The Kier molecular flexibility index (Phi) is 6.60. The van der Waals surface area contributed by atoms with Crippen molar-refractivity contribution < 1.29 is 13.2 Å². The lowest BCUT2D eigenvalue weighted by atomic mass is 10.2. The highest BCUT2D eigenvalue weighted by Crippen LogP contribution is 2.28. The third-order valence-corrected chi connectivity index (χ3v) is 6.32. The molecular formula is C22H15Cl2NO3S. The van der Waals surface area contributed by atoms with Crippen molar-refractivity contribution in [3.05, 3.63) is 98.9 Å². The summed E-state index contributed by atoms with van der Waals surface area (Å²) in [6.45, 7) is 0.161. The number of sulfone groups is 1. The van der Waals surface area contributed by atoms with E-state index in [-0.39, 0.29) is 16.4 Å². The largest absolute Gasteiger partial charge is 0.488 e. The predicted octanol–water partition coefficient (Wildman–Crippen LogP) is 5.91. The molecule has 0 radical (unpaired) electrons. The molecule has 3 rings (SSSR count). The lowest BCUT2D eigenvalue weighted by molar-refractivity contribution is 0.305. The van der Waals surface area contributed by atoms with E-state index >= 15 is 0 Å². The van der Waals surface area contributed by atoms with E-state index in [1.807, 2.05) is 0 Å². The number of nitrogens with zero attached hydrogens (tertiary/aromatic N) is 1. The van der Waals surface area contributed by atoms with E-state index in [0.717, 1.165) is 5.56 Å². The molecule has 0 amide bonds. The molecule has 0 saturated carbocycles. The molecule has 0 unspecified atom stereocenters. The average Bonchev–Trinajstić information content (AvgIpc) is 2.72. The SMILES string of the molecule is N#CC(=Cc1ccccc1OCc1ccc(Cl)cc1Cl)S(=O)(=O)c1ccccc1. The summed E-state index contributed by atoms with van der Waals surface area (Å²) in [4.78, 5) is -0.316. The number of hydrogen-bond acceptors (Lipinski definition) is 4. The molecule has 0 fully saturated rings. The molecule has 0 spiro atoms. The molecule has 3 aromatic carbocycles. The maximum Gasteiger partial charge on any atom is 0.216 e. The molecule has 7 heteroatoms. The number of rotatable bonds is 6. The zero-order chi connectivity index (χ0) is 20.9. The fourth-order valence-corrected chi connectivity index (χ4v) is 4.20. The van der Waals surface area contributed by atoms with Crippen LogP contribution in [0.3, 0.4) is 0 Å². The number of para-hydroxylation sites is 1. The van der Waals surface area contributed by atoms with Gasteiger partial charge >= 0.3 is 0 Å². The van der Waals surface area contributed by atoms with Gasteiger partial charge in [0.25, 0.3) is 0 Å². The van der Waals surface area contributed by atoms with Crippen LogP contribution in [0.5, 0.6) is 5.75 Å². The van der Waals surface area contributed by atoms with Gasteiger partial charge in [-0.25, -0.2) is 8.42 Å². The Bertz CT molecular complexity index is 1200. The molecule has 0 heterocycles. The number of nitriles is 1. The van der Waals surface area contributed by atoms with Gasteiger partial charge in [-0.2, -0.15) is 5.26 Å². The minimum Gasteiger partial charge on any atom is -0.488 e. The average molecular weight is 444 g/mol. The van der Waals surface area contributed by atoms with Crippen LogP contribution in [0.15, 0.2) is 82.6 Å². The normalized spacial score (nSPS) is 11.7. The molecule has 0 saturated heterocycles. The van der Waals surface area contributed by atoms with Crippen LogP contribution in [-0.2, 0) is 16.4 Å². The minimum absolute atomic E-state index is 0.0548. The second-order valence-electron chi connectivity index (χ2n) is 6.00. The third-order valence-electron chi connectivity index (χ3n) is 4.06. The molecule has 146 valence electrons. The molecule has 4 nitrogen and oxygen atoms in total.